The maximum atomic E-state index is 12.4. The van der Waals surface area contributed by atoms with E-state index in [-0.39, 0.29) is 11.9 Å². The van der Waals surface area contributed by atoms with Gasteiger partial charge in [-0.15, -0.1) is 0 Å². The molecule has 1 saturated heterocycles. The molecule has 0 amide bonds. The van der Waals surface area contributed by atoms with Gasteiger partial charge in [0.2, 0.25) is 0 Å². The summed E-state index contributed by atoms with van der Waals surface area (Å²) in [6.45, 7) is 3.38. The van der Waals surface area contributed by atoms with E-state index in [9.17, 15) is 4.79 Å². The molecule has 0 saturated carbocycles. The van der Waals surface area contributed by atoms with Crippen LogP contribution in [0.4, 0.5) is 0 Å². The van der Waals surface area contributed by atoms with Crippen LogP contribution in [0.15, 0.2) is 18.2 Å². The van der Waals surface area contributed by atoms with Crippen molar-refractivity contribution >= 4 is 5.78 Å². The fourth-order valence-corrected chi connectivity index (χ4v) is 3.48. The first-order valence-corrected chi connectivity index (χ1v) is 7.62. The van der Waals surface area contributed by atoms with Crippen LogP contribution >= 0.6 is 0 Å². The Hall–Kier alpha value is -1.19. The van der Waals surface area contributed by atoms with Gasteiger partial charge in [-0.25, -0.2) is 0 Å². The smallest absolute Gasteiger partial charge is 0.176 e. The number of ether oxygens (including phenoxy) is 1. The lowest BCUT2D eigenvalue weighted by Gasteiger charge is -2.25. The van der Waals surface area contributed by atoms with E-state index < -0.39 is 0 Å². The molecule has 1 aromatic rings. The van der Waals surface area contributed by atoms with Gasteiger partial charge in [-0.2, -0.15) is 0 Å². The molecule has 3 heteroatoms. The molecule has 108 valence electrons. The average Bonchev–Trinajstić information content (AvgIpc) is 3.05. The summed E-state index contributed by atoms with van der Waals surface area (Å²) in [5.41, 5.74) is 3.66. The monoisotopic (exact) mass is 273 g/mol. The third-order valence-corrected chi connectivity index (χ3v) is 4.72. The molecule has 2 unspecified atom stereocenters. The Morgan fingerprint density at radius 2 is 2.15 bits per heavy atom. The number of aryl methyl sites for hydroxylation is 2. The van der Waals surface area contributed by atoms with E-state index >= 15 is 0 Å². The third kappa shape index (κ3) is 2.65. The Morgan fingerprint density at radius 1 is 1.35 bits per heavy atom. The largest absolute Gasteiger partial charge is 0.377 e. The van der Waals surface area contributed by atoms with Gasteiger partial charge < -0.3 is 4.74 Å². The van der Waals surface area contributed by atoms with Crippen molar-refractivity contribution < 1.29 is 9.53 Å². The second-order valence-electron chi connectivity index (χ2n) is 6.11. The van der Waals surface area contributed by atoms with Crippen LogP contribution in [0.3, 0.4) is 0 Å². The van der Waals surface area contributed by atoms with Crippen LogP contribution in [0.25, 0.3) is 0 Å². The third-order valence-electron chi connectivity index (χ3n) is 4.72. The molecule has 0 bridgehead atoms. The molecular formula is C17H23NO2. The van der Waals surface area contributed by atoms with Crippen molar-refractivity contribution in [2.24, 2.45) is 0 Å². The predicted molar refractivity (Wildman–Crippen MR) is 79.2 cm³/mol. The second kappa shape index (κ2) is 5.66. The minimum Gasteiger partial charge on any atom is -0.377 e. The summed E-state index contributed by atoms with van der Waals surface area (Å²) in [5, 5.41) is 0. The quantitative estimate of drug-likeness (QED) is 0.789. The molecule has 1 aliphatic heterocycles. The number of ketones is 1. The Labute approximate surface area is 120 Å². The van der Waals surface area contributed by atoms with E-state index in [4.69, 9.17) is 4.74 Å². The van der Waals surface area contributed by atoms with Crippen LogP contribution in [-0.2, 0) is 17.6 Å². The van der Waals surface area contributed by atoms with E-state index in [0.29, 0.717) is 12.6 Å². The first kappa shape index (κ1) is 13.8. The maximum Gasteiger partial charge on any atom is 0.176 e. The van der Waals surface area contributed by atoms with Gasteiger partial charge in [0.05, 0.1) is 12.6 Å². The number of hydrogen-bond donors (Lipinski definition) is 0. The topological polar surface area (TPSA) is 29.5 Å². The average molecular weight is 273 g/mol. The van der Waals surface area contributed by atoms with Crippen LogP contribution in [-0.4, -0.2) is 43.0 Å². The number of carbonyl (C=O) groups excluding carboxylic acids is 1. The van der Waals surface area contributed by atoms with E-state index in [1.54, 1.807) is 0 Å². The zero-order valence-electron chi connectivity index (χ0n) is 12.4. The van der Waals surface area contributed by atoms with Gasteiger partial charge in [0, 0.05) is 18.2 Å². The summed E-state index contributed by atoms with van der Waals surface area (Å²) in [6.07, 6.45) is 4.77. The van der Waals surface area contributed by atoms with Crippen molar-refractivity contribution in [1.29, 1.82) is 0 Å². The summed E-state index contributed by atoms with van der Waals surface area (Å²) >= 11 is 0. The molecule has 20 heavy (non-hydrogen) atoms. The molecule has 0 N–H and O–H groups in total. The van der Waals surface area contributed by atoms with Crippen molar-refractivity contribution in [2.45, 2.75) is 44.8 Å². The van der Waals surface area contributed by atoms with Gasteiger partial charge in [-0.3, -0.25) is 9.69 Å². The Bertz CT molecular complexity index is 512. The van der Waals surface area contributed by atoms with Gasteiger partial charge in [0.1, 0.15) is 0 Å². The van der Waals surface area contributed by atoms with E-state index in [1.807, 2.05) is 13.1 Å². The Balaban J connectivity index is 1.67. The van der Waals surface area contributed by atoms with Crippen LogP contribution in [0.2, 0.25) is 0 Å². The van der Waals surface area contributed by atoms with Gasteiger partial charge in [-0.1, -0.05) is 12.1 Å². The zero-order chi connectivity index (χ0) is 14.1. The molecule has 3 rings (SSSR count). The number of carbonyl (C=O) groups is 1. The van der Waals surface area contributed by atoms with Crippen LogP contribution in [0.1, 0.15) is 41.3 Å². The highest BCUT2D eigenvalue weighted by Crippen LogP contribution is 2.23. The van der Waals surface area contributed by atoms with Crippen molar-refractivity contribution in [2.75, 3.05) is 20.2 Å². The van der Waals surface area contributed by atoms with Gasteiger partial charge in [0.15, 0.2) is 5.78 Å². The Kier molecular flexibility index (Phi) is 3.90. The minimum absolute atomic E-state index is 0.223. The molecule has 0 spiro atoms. The molecule has 2 aliphatic rings. The molecule has 3 nitrogen and oxygen atoms in total. The number of nitrogens with zero attached hydrogens (tertiary/aromatic N) is 1. The first-order valence-electron chi connectivity index (χ1n) is 7.62. The first-order chi connectivity index (χ1) is 9.65. The molecule has 1 fully saturated rings. The van der Waals surface area contributed by atoms with E-state index in [2.05, 4.69) is 24.0 Å². The molecule has 1 aromatic carbocycles. The number of benzene rings is 1. The summed E-state index contributed by atoms with van der Waals surface area (Å²) < 4.78 is 5.58. The molecule has 1 aliphatic carbocycles. The summed E-state index contributed by atoms with van der Waals surface area (Å²) in [6, 6.07) is 6.60. The van der Waals surface area contributed by atoms with Crippen LogP contribution in [0, 0.1) is 0 Å². The zero-order valence-corrected chi connectivity index (χ0v) is 12.4. The summed E-state index contributed by atoms with van der Waals surface area (Å²) in [7, 11) is 2.03. The standard InChI is InChI=1S/C17H23NO2/c1-12-16(8-9-20-12)18(2)11-17(19)15-7-6-13-4-3-5-14(13)10-15/h6-7,10,12,16H,3-5,8-9,11H2,1-2H3. The highest BCUT2D eigenvalue weighted by Gasteiger charge is 2.29. The lowest BCUT2D eigenvalue weighted by Crippen LogP contribution is -2.39. The van der Waals surface area contributed by atoms with Crippen LogP contribution < -0.4 is 0 Å². The highest BCUT2D eigenvalue weighted by atomic mass is 16.5. The molecule has 1 heterocycles. The molecule has 0 radical (unpaired) electrons. The van der Waals surface area contributed by atoms with Crippen molar-refractivity contribution in [3.05, 3.63) is 34.9 Å². The minimum atomic E-state index is 0.223. The molecular weight excluding hydrogens is 250 g/mol. The number of fused-ring (bicyclic) bond motifs is 1. The Morgan fingerprint density at radius 3 is 2.90 bits per heavy atom. The second-order valence-corrected chi connectivity index (χ2v) is 6.11. The summed E-state index contributed by atoms with van der Waals surface area (Å²) in [4.78, 5) is 14.6. The van der Waals surface area contributed by atoms with Crippen LogP contribution in [0.5, 0.6) is 0 Å². The number of hydrogen-bond acceptors (Lipinski definition) is 3. The SMILES string of the molecule is CC1OCCC1N(C)CC(=O)c1ccc2c(c1)CCC2. The molecule has 0 aromatic heterocycles. The number of rotatable bonds is 4. The number of Topliss-reactive ketones (excluding diaryl/α,β-unsaturated/α-hetero) is 1. The normalized spacial score (nSPS) is 25.1. The maximum absolute atomic E-state index is 12.4. The predicted octanol–water partition coefficient (Wildman–Crippen LogP) is 2.47. The van der Waals surface area contributed by atoms with E-state index in [0.717, 1.165) is 25.0 Å². The van der Waals surface area contributed by atoms with Gasteiger partial charge in [-0.05, 0) is 56.8 Å². The lowest BCUT2D eigenvalue weighted by atomic mass is 10.0. The lowest BCUT2D eigenvalue weighted by molar-refractivity contribution is 0.0745. The number of likely N-dealkylation sites (N-methyl/N-ethyl adjacent to an activating group) is 1. The highest BCUT2D eigenvalue weighted by molar-refractivity contribution is 5.97. The molecule has 2 atom stereocenters. The van der Waals surface area contributed by atoms with E-state index in [1.165, 1.54) is 24.0 Å². The van der Waals surface area contributed by atoms with Crippen molar-refractivity contribution in [1.82, 2.24) is 4.90 Å². The fraction of sp³-hybridized carbons (Fsp3) is 0.588. The van der Waals surface area contributed by atoms with Gasteiger partial charge >= 0.3 is 0 Å². The van der Waals surface area contributed by atoms with Crippen molar-refractivity contribution in [3.8, 4) is 0 Å². The fourth-order valence-electron chi connectivity index (χ4n) is 3.48. The van der Waals surface area contributed by atoms with Gasteiger partial charge in [0.25, 0.3) is 0 Å². The van der Waals surface area contributed by atoms with Crippen molar-refractivity contribution in [3.63, 3.8) is 0 Å². The summed E-state index contributed by atoms with van der Waals surface area (Å²) in [5.74, 6) is 0.223.